The first-order valence-corrected chi connectivity index (χ1v) is 7.32. The first kappa shape index (κ1) is 17.2. The minimum atomic E-state index is -0.617. The van der Waals surface area contributed by atoms with E-state index in [0.717, 1.165) is 17.9 Å². The molecule has 0 saturated heterocycles. The molecule has 2 N–H and O–H groups in total. The van der Waals surface area contributed by atoms with Gasteiger partial charge in [0.15, 0.2) is 0 Å². The Labute approximate surface area is 113 Å². The molecule has 0 aliphatic heterocycles. The zero-order valence-electron chi connectivity index (χ0n) is 11.6. The van der Waals surface area contributed by atoms with Gasteiger partial charge in [0, 0.05) is 19.5 Å². The van der Waals surface area contributed by atoms with E-state index in [4.69, 9.17) is 0 Å². The van der Waals surface area contributed by atoms with Crippen LogP contribution in [0.25, 0.3) is 0 Å². The molecular formula is C12H24N2O3S. The number of nitrogens with one attached hydrogen (secondary N) is 2. The summed E-state index contributed by atoms with van der Waals surface area (Å²) < 4.78 is 4.65. The van der Waals surface area contributed by atoms with Gasteiger partial charge in [-0.15, -0.1) is 0 Å². The molecular weight excluding hydrogens is 252 g/mol. The number of hydrogen-bond acceptors (Lipinski definition) is 5. The van der Waals surface area contributed by atoms with Gasteiger partial charge in [0.2, 0.25) is 5.91 Å². The van der Waals surface area contributed by atoms with E-state index in [1.807, 2.05) is 11.8 Å². The summed E-state index contributed by atoms with van der Waals surface area (Å²) in [4.78, 5) is 22.4. The molecule has 0 aromatic carbocycles. The van der Waals surface area contributed by atoms with Gasteiger partial charge in [0.25, 0.3) is 0 Å². The third-order valence-corrected chi connectivity index (χ3v) is 3.37. The first-order valence-electron chi connectivity index (χ1n) is 6.17. The van der Waals surface area contributed by atoms with Crippen LogP contribution < -0.4 is 10.6 Å². The Bertz CT molecular complexity index is 262. The van der Waals surface area contributed by atoms with Gasteiger partial charge < -0.3 is 15.4 Å². The van der Waals surface area contributed by atoms with Gasteiger partial charge in [-0.2, -0.15) is 11.8 Å². The molecule has 5 nitrogen and oxygen atoms in total. The van der Waals surface area contributed by atoms with Gasteiger partial charge >= 0.3 is 5.97 Å². The van der Waals surface area contributed by atoms with Gasteiger partial charge in [-0.1, -0.05) is 6.92 Å². The van der Waals surface area contributed by atoms with E-state index in [-0.39, 0.29) is 5.91 Å². The number of carbonyl (C=O) groups is 2. The predicted molar refractivity (Wildman–Crippen MR) is 74.7 cm³/mol. The Kier molecular flexibility index (Phi) is 9.77. The number of methoxy groups -OCH3 is 1. The van der Waals surface area contributed by atoms with E-state index in [9.17, 15) is 9.59 Å². The van der Waals surface area contributed by atoms with Crippen molar-refractivity contribution in [3.8, 4) is 0 Å². The molecule has 1 amide bonds. The lowest BCUT2D eigenvalue weighted by Gasteiger charge is -2.19. The second-order valence-corrected chi connectivity index (χ2v) is 5.47. The van der Waals surface area contributed by atoms with Crippen molar-refractivity contribution in [2.45, 2.75) is 39.3 Å². The summed E-state index contributed by atoms with van der Waals surface area (Å²) in [6.45, 7) is 5.98. The van der Waals surface area contributed by atoms with Crippen molar-refractivity contribution in [1.82, 2.24) is 10.6 Å². The zero-order chi connectivity index (χ0) is 14.0. The first-order chi connectivity index (χ1) is 8.51. The molecule has 2 unspecified atom stereocenters. The Morgan fingerprint density at radius 1 is 1.39 bits per heavy atom. The normalized spacial score (nSPS) is 13.8. The van der Waals surface area contributed by atoms with Gasteiger partial charge in [-0.3, -0.25) is 4.79 Å². The monoisotopic (exact) mass is 276 g/mol. The highest BCUT2D eigenvalue weighted by Gasteiger charge is 2.20. The molecule has 0 bridgehead atoms. The quantitative estimate of drug-likeness (QED) is 0.481. The third kappa shape index (κ3) is 8.36. The molecule has 0 saturated carbocycles. The van der Waals surface area contributed by atoms with Crippen molar-refractivity contribution in [3.05, 3.63) is 0 Å². The Morgan fingerprint density at radius 2 is 2.06 bits per heavy atom. The van der Waals surface area contributed by atoms with Crippen molar-refractivity contribution in [3.63, 3.8) is 0 Å². The lowest BCUT2D eigenvalue weighted by Crippen LogP contribution is -2.48. The highest BCUT2D eigenvalue weighted by atomic mass is 32.2. The van der Waals surface area contributed by atoms with E-state index >= 15 is 0 Å². The van der Waals surface area contributed by atoms with E-state index in [1.165, 1.54) is 14.0 Å². The van der Waals surface area contributed by atoms with Gasteiger partial charge in [0.1, 0.15) is 6.04 Å². The van der Waals surface area contributed by atoms with Crippen molar-refractivity contribution in [2.75, 3.05) is 25.2 Å². The van der Waals surface area contributed by atoms with E-state index < -0.39 is 12.0 Å². The van der Waals surface area contributed by atoms with Crippen molar-refractivity contribution >= 4 is 23.6 Å². The molecule has 0 aliphatic rings. The molecule has 106 valence electrons. The molecule has 0 spiro atoms. The molecule has 2 atom stereocenters. The van der Waals surface area contributed by atoms with E-state index in [1.54, 1.807) is 0 Å². The Morgan fingerprint density at radius 3 is 2.56 bits per heavy atom. The molecule has 0 aliphatic carbocycles. The summed E-state index contributed by atoms with van der Waals surface area (Å²) in [5, 5.41) is 5.81. The van der Waals surface area contributed by atoms with E-state index in [2.05, 4.69) is 29.2 Å². The molecule has 6 heteroatoms. The standard InChI is InChI=1S/C12H24N2O3S/c1-5-18-7-6-9(2)13-8-11(12(16)17-4)14-10(3)15/h9,11,13H,5-8H2,1-4H3,(H,14,15). The SMILES string of the molecule is CCSCCC(C)NCC(NC(C)=O)C(=O)OC. The zero-order valence-corrected chi connectivity index (χ0v) is 12.4. The maximum atomic E-state index is 11.4. The lowest BCUT2D eigenvalue weighted by molar-refractivity contribution is -0.144. The molecule has 0 radical (unpaired) electrons. The fourth-order valence-corrected chi connectivity index (χ4v) is 2.22. The van der Waals surface area contributed by atoms with Crippen LogP contribution >= 0.6 is 11.8 Å². The van der Waals surface area contributed by atoms with Gasteiger partial charge in [0.05, 0.1) is 7.11 Å². The molecule has 0 heterocycles. The number of rotatable bonds is 9. The Balaban J connectivity index is 4.01. The maximum absolute atomic E-state index is 11.4. The molecule has 0 rings (SSSR count). The average molecular weight is 276 g/mol. The van der Waals surface area contributed by atoms with Crippen LogP contribution in [0.4, 0.5) is 0 Å². The lowest BCUT2D eigenvalue weighted by atomic mass is 10.2. The van der Waals surface area contributed by atoms with E-state index in [0.29, 0.717) is 12.6 Å². The number of hydrogen-bond donors (Lipinski definition) is 2. The maximum Gasteiger partial charge on any atom is 0.329 e. The molecule has 0 aromatic rings. The second-order valence-electron chi connectivity index (χ2n) is 4.07. The van der Waals surface area contributed by atoms with Crippen LogP contribution in [0.3, 0.4) is 0 Å². The van der Waals surface area contributed by atoms with Crippen molar-refractivity contribution in [2.24, 2.45) is 0 Å². The van der Waals surface area contributed by atoms with Crippen LogP contribution in [0.5, 0.6) is 0 Å². The fraction of sp³-hybridized carbons (Fsp3) is 0.833. The van der Waals surface area contributed by atoms with Crippen LogP contribution in [0, 0.1) is 0 Å². The fourth-order valence-electron chi connectivity index (χ4n) is 1.41. The highest BCUT2D eigenvalue weighted by molar-refractivity contribution is 7.99. The van der Waals surface area contributed by atoms with Crippen LogP contribution in [0.1, 0.15) is 27.2 Å². The number of esters is 1. The number of ether oxygens (including phenoxy) is 1. The summed E-state index contributed by atoms with van der Waals surface area (Å²) >= 11 is 1.89. The van der Waals surface area contributed by atoms with Gasteiger partial charge in [-0.25, -0.2) is 4.79 Å². The molecule has 18 heavy (non-hydrogen) atoms. The van der Waals surface area contributed by atoms with Crippen LogP contribution in [-0.4, -0.2) is 49.1 Å². The Hall–Kier alpha value is -0.750. The molecule has 0 fully saturated rings. The smallest absolute Gasteiger partial charge is 0.329 e. The predicted octanol–water partition coefficient (Wildman–Crippen LogP) is 0.785. The van der Waals surface area contributed by atoms with Crippen LogP contribution in [0.2, 0.25) is 0 Å². The third-order valence-electron chi connectivity index (χ3n) is 2.43. The van der Waals surface area contributed by atoms with Crippen LogP contribution in [0.15, 0.2) is 0 Å². The summed E-state index contributed by atoms with van der Waals surface area (Å²) in [5.41, 5.74) is 0. The molecule has 0 aromatic heterocycles. The number of amides is 1. The number of carbonyl (C=O) groups excluding carboxylic acids is 2. The summed E-state index contributed by atoms with van der Waals surface area (Å²) in [6, 6.07) is -0.307. The summed E-state index contributed by atoms with van der Waals surface area (Å²) in [6.07, 6.45) is 1.03. The highest BCUT2D eigenvalue weighted by Crippen LogP contribution is 2.03. The number of thioether (sulfide) groups is 1. The topological polar surface area (TPSA) is 67.4 Å². The minimum Gasteiger partial charge on any atom is -0.467 e. The van der Waals surface area contributed by atoms with Crippen molar-refractivity contribution in [1.29, 1.82) is 0 Å². The second kappa shape index (κ2) is 10.2. The van der Waals surface area contributed by atoms with Crippen molar-refractivity contribution < 1.29 is 14.3 Å². The summed E-state index contributed by atoms with van der Waals surface area (Å²) in [5.74, 6) is 1.55. The summed E-state index contributed by atoms with van der Waals surface area (Å²) in [7, 11) is 1.32. The minimum absolute atomic E-state index is 0.235. The largest absolute Gasteiger partial charge is 0.467 e. The van der Waals surface area contributed by atoms with Crippen LogP contribution in [-0.2, 0) is 14.3 Å². The average Bonchev–Trinajstić information content (AvgIpc) is 2.33. The van der Waals surface area contributed by atoms with Gasteiger partial charge in [-0.05, 0) is 24.9 Å².